The molecular weight excluding hydrogens is 442 g/mol. The van der Waals surface area contributed by atoms with Gasteiger partial charge in [-0.25, -0.2) is 4.98 Å². The van der Waals surface area contributed by atoms with Gasteiger partial charge in [0.15, 0.2) is 0 Å². The van der Waals surface area contributed by atoms with E-state index in [2.05, 4.69) is 30.6 Å². The fraction of sp³-hybridized carbons (Fsp3) is 0.154. The van der Waals surface area contributed by atoms with Crippen molar-refractivity contribution in [3.05, 3.63) is 83.3 Å². The van der Waals surface area contributed by atoms with Crippen molar-refractivity contribution in [1.29, 1.82) is 0 Å². The van der Waals surface area contributed by atoms with Gasteiger partial charge in [0, 0.05) is 29.8 Å². The number of hydrogen-bond donors (Lipinski definition) is 3. The van der Waals surface area contributed by atoms with Gasteiger partial charge in [-0.3, -0.25) is 14.6 Å². The number of nitrogens with one attached hydrogen (secondary N) is 3. The van der Waals surface area contributed by atoms with E-state index in [1.165, 1.54) is 0 Å². The highest BCUT2D eigenvalue weighted by atomic mass is 16.5. The molecule has 0 unspecified atom stereocenters. The topological polar surface area (TPSA) is 114 Å². The van der Waals surface area contributed by atoms with Crippen LogP contribution in [0.2, 0.25) is 0 Å². The van der Waals surface area contributed by atoms with Crippen LogP contribution in [-0.4, -0.2) is 35.9 Å². The summed E-state index contributed by atoms with van der Waals surface area (Å²) in [5.41, 5.74) is 4.56. The van der Waals surface area contributed by atoms with E-state index < -0.39 is 0 Å². The Bertz CT molecular complexity index is 1540. The smallest absolute Gasteiger partial charge is 0.273 e. The molecule has 1 amide bonds. The van der Waals surface area contributed by atoms with Crippen molar-refractivity contribution >= 4 is 34.6 Å². The Labute approximate surface area is 201 Å². The summed E-state index contributed by atoms with van der Waals surface area (Å²) < 4.78 is 7.74. The van der Waals surface area contributed by atoms with Gasteiger partial charge < -0.3 is 15.0 Å². The second-order valence-corrected chi connectivity index (χ2v) is 8.14. The minimum atomic E-state index is -0.214. The van der Waals surface area contributed by atoms with E-state index in [1.54, 1.807) is 23.0 Å². The van der Waals surface area contributed by atoms with Gasteiger partial charge in [0.2, 0.25) is 0 Å². The van der Waals surface area contributed by atoms with Crippen LogP contribution in [-0.2, 0) is 6.54 Å². The van der Waals surface area contributed by atoms with Crippen LogP contribution in [0, 0.1) is 13.8 Å². The lowest BCUT2D eigenvalue weighted by Crippen LogP contribution is -2.17. The van der Waals surface area contributed by atoms with Crippen LogP contribution in [0.4, 0.5) is 5.69 Å². The predicted octanol–water partition coefficient (Wildman–Crippen LogP) is 5.33. The van der Waals surface area contributed by atoms with Gasteiger partial charge >= 0.3 is 0 Å². The van der Waals surface area contributed by atoms with Crippen molar-refractivity contribution in [3.63, 3.8) is 0 Å². The number of anilines is 1. The average Bonchev–Trinajstić information content (AvgIpc) is 3.55. The van der Waals surface area contributed by atoms with Crippen molar-refractivity contribution < 1.29 is 9.53 Å². The lowest BCUT2D eigenvalue weighted by atomic mass is 10.2. The normalized spacial score (nSPS) is 11.4. The number of aromatic amines is 2. The Kier molecular flexibility index (Phi) is 5.88. The van der Waals surface area contributed by atoms with Crippen LogP contribution in [0.3, 0.4) is 0 Å². The molecule has 0 fully saturated rings. The van der Waals surface area contributed by atoms with Crippen molar-refractivity contribution in [3.8, 4) is 11.5 Å². The number of ether oxygens (including phenoxy) is 1. The molecule has 0 saturated heterocycles. The quantitative estimate of drug-likeness (QED) is 0.299. The second kappa shape index (κ2) is 9.30. The van der Waals surface area contributed by atoms with Crippen LogP contribution < -0.4 is 10.1 Å². The fourth-order valence-electron chi connectivity index (χ4n) is 3.84. The van der Waals surface area contributed by atoms with Crippen molar-refractivity contribution in [2.45, 2.75) is 27.3 Å². The van der Waals surface area contributed by atoms with E-state index in [0.717, 1.165) is 33.8 Å². The molecule has 0 saturated carbocycles. The number of rotatable bonds is 7. The Balaban J connectivity index is 1.30. The summed E-state index contributed by atoms with van der Waals surface area (Å²) >= 11 is 0. The standard InChI is InChI=1S/C26H25N7O2/c1-4-33-25(12-16(2)32-33)26(34)29-18-6-5-7-20(13-18)35-21-9-10-22-23(30-31-24(22)14-21)11-8-19-15-27-17(3)28-19/h5-15H,4H2,1-3H3,(H,27,28)(H,29,34)(H,30,31). The first-order valence-electron chi connectivity index (χ1n) is 11.3. The highest BCUT2D eigenvalue weighted by Gasteiger charge is 2.14. The minimum absolute atomic E-state index is 0.214. The number of hydrogen-bond acceptors (Lipinski definition) is 5. The number of nitrogens with zero attached hydrogens (tertiary/aromatic N) is 4. The molecule has 35 heavy (non-hydrogen) atoms. The predicted molar refractivity (Wildman–Crippen MR) is 135 cm³/mol. The number of carbonyl (C=O) groups excluding carboxylic acids is 1. The third kappa shape index (κ3) is 4.84. The SMILES string of the molecule is CCn1nc(C)cc1C(=O)Nc1cccc(Oc2ccc3c(C=Cc4cnc(C)[nH]4)n[nH]c3c2)c1. The summed E-state index contributed by atoms with van der Waals surface area (Å²) in [4.78, 5) is 20.1. The number of fused-ring (bicyclic) bond motifs is 1. The largest absolute Gasteiger partial charge is 0.457 e. The summed E-state index contributed by atoms with van der Waals surface area (Å²) in [5, 5.41) is 15.7. The molecule has 0 aliphatic heterocycles. The van der Waals surface area contributed by atoms with E-state index in [-0.39, 0.29) is 5.91 Å². The third-order valence-corrected chi connectivity index (χ3v) is 5.47. The maximum absolute atomic E-state index is 12.7. The molecule has 5 rings (SSSR count). The lowest BCUT2D eigenvalue weighted by molar-refractivity contribution is 0.101. The molecule has 3 aromatic heterocycles. The monoisotopic (exact) mass is 467 g/mol. The molecular formula is C26H25N7O2. The molecule has 2 aromatic carbocycles. The molecule has 0 aliphatic carbocycles. The molecule has 0 radical (unpaired) electrons. The number of H-pyrrole nitrogens is 2. The molecule has 5 aromatic rings. The Morgan fingerprint density at radius 3 is 2.77 bits per heavy atom. The first-order chi connectivity index (χ1) is 17.0. The van der Waals surface area contributed by atoms with Gasteiger partial charge in [0.1, 0.15) is 23.0 Å². The first kappa shape index (κ1) is 22.1. The summed E-state index contributed by atoms with van der Waals surface area (Å²) in [6.45, 7) is 6.35. The number of aryl methyl sites for hydroxylation is 3. The van der Waals surface area contributed by atoms with E-state index in [4.69, 9.17) is 4.74 Å². The van der Waals surface area contributed by atoms with Gasteiger partial charge in [-0.15, -0.1) is 0 Å². The van der Waals surface area contributed by atoms with Crippen LogP contribution in [0.25, 0.3) is 23.1 Å². The van der Waals surface area contributed by atoms with Gasteiger partial charge in [0.05, 0.1) is 28.8 Å². The third-order valence-electron chi connectivity index (χ3n) is 5.47. The van der Waals surface area contributed by atoms with Crippen molar-refractivity contribution in [1.82, 2.24) is 29.9 Å². The molecule has 0 spiro atoms. The Morgan fingerprint density at radius 1 is 1.11 bits per heavy atom. The zero-order valence-electron chi connectivity index (χ0n) is 19.7. The average molecular weight is 468 g/mol. The number of benzene rings is 2. The van der Waals surface area contributed by atoms with Gasteiger partial charge in [-0.2, -0.15) is 10.2 Å². The van der Waals surface area contributed by atoms with Crippen LogP contribution in [0.15, 0.2) is 54.7 Å². The molecule has 9 heteroatoms. The summed E-state index contributed by atoms with van der Waals surface area (Å²) in [6.07, 6.45) is 5.65. The van der Waals surface area contributed by atoms with Crippen molar-refractivity contribution in [2.24, 2.45) is 0 Å². The van der Waals surface area contributed by atoms with Crippen LogP contribution in [0.5, 0.6) is 11.5 Å². The first-order valence-corrected chi connectivity index (χ1v) is 11.3. The number of imidazole rings is 1. The molecule has 0 aliphatic rings. The zero-order valence-corrected chi connectivity index (χ0v) is 19.7. The maximum Gasteiger partial charge on any atom is 0.273 e. The van der Waals surface area contributed by atoms with Crippen LogP contribution in [0.1, 0.15) is 40.3 Å². The highest BCUT2D eigenvalue weighted by Crippen LogP contribution is 2.28. The van der Waals surface area contributed by atoms with E-state index >= 15 is 0 Å². The van der Waals surface area contributed by atoms with Gasteiger partial charge in [-0.1, -0.05) is 6.07 Å². The molecule has 0 bridgehead atoms. The lowest BCUT2D eigenvalue weighted by Gasteiger charge is -2.10. The number of carbonyl (C=O) groups is 1. The summed E-state index contributed by atoms with van der Waals surface area (Å²) in [6, 6.07) is 14.8. The van der Waals surface area contributed by atoms with Crippen LogP contribution >= 0.6 is 0 Å². The van der Waals surface area contributed by atoms with E-state index in [1.807, 2.05) is 69.3 Å². The molecule has 0 atom stereocenters. The summed E-state index contributed by atoms with van der Waals surface area (Å²) in [5.74, 6) is 1.92. The van der Waals surface area contributed by atoms with E-state index in [9.17, 15) is 4.79 Å². The zero-order chi connectivity index (χ0) is 24.4. The second-order valence-electron chi connectivity index (χ2n) is 8.14. The van der Waals surface area contributed by atoms with Gasteiger partial charge in [-0.05, 0) is 63.3 Å². The van der Waals surface area contributed by atoms with Gasteiger partial charge in [0.25, 0.3) is 5.91 Å². The minimum Gasteiger partial charge on any atom is -0.457 e. The summed E-state index contributed by atoms with van der Waals surface area (Å²) in [7, 11) is 0. The molecule has 176 valence electrons. The van der Waals surface area contributed by atoms with E-state index in [0.29, 0.717) is 29.4 Å². The highest BCUT2D eigenvalue weighted by molar-refractivity contribution is 6.03. The molecule has 3 heterocycles. The maximum atomic E-state index is 12.7. The molecule has 9 nitrogen and oxygen atoms in total. The Morgan fingerprint density at radius 2 is 1.97 bits per heavy atom. The molecule has 3 N–H and O–H groups in total. The number of amides is 1. The fourth-order valence-corrected chi connectivity index (χ4v) is 3.84. The Hall–Kier alpha value is -4.66. The van der Waals surface area contributed by atoms with Crippen molar-refractivity contribution in [2.75, 3.05) is 5.32 Å². The number of aromatic nitrogens is 6.